The van der Waals surface area contributed by atoms with Crippen LogP contribution >= 0.6 is 0 Å². The smallest absolute Gasteiger partial charge is 0.335 e. The number of aliphatic hydroxyl groups is 1. The Kier molecular flexibility index (Phi) is 4.54. The normalized spacial score (nSPS) is 11.9. The van der Waals surface area contributed by atoms with Crippen LogP contribution in [0.3, 0.4) is 0 Å². The second kappa shape index (κ2) is 4.91. The number of rotatable bonds is 3. The van der Waals surface area contributed by atoms with Gasteiger partial charge in [0.25, 0.3) is 0 Å². The van der Waals surface area contributed by atoms with Gasteiger partial charge < -0.3 is 9.84 Å². The van der Waals surface area contributed by atoms with E-state index in [1.54, 1.807) is 6.08 Å². The van der Waals surface area contributed by atoms with Gasteiger partial charge in [-0.1, -0.05) is 19.9 Å². The zero-order valence-corrected chi connectivity index (χ0v) is 7.13. The van der Waals surface area contributed by atoms with Gasteiger partial charge in [0.1, 0.15) is 0 Å². The number of carbonyl (C=O) groups excluding carboxylic acids is 1. The zero-order valence-electron chi connectivity index (χ0n) is 7.13. The van der Waals surface area contributed by atoms with Crippen LogP contribution in [0.25, 0.3) is 0 Å². The predicted octanol–water partition coefficient (Wildman–Crippen LogP) is 0.734. The maximum absolute atomic E-state index is 10.8. The average Bonchev–Trinajstić information content (AvgIpc) is 1.98. The van der Waals surface area contributed by atoms with Gasteiger partial charge in [-0.15, -0.1) is 0 Å². The second-order valence-corrected chi connectivity index (χ2v) is 2.59. The number of methoxy groups -OCH3 is 1. The van der Waals surface area contributed by atoms with Gasteiger partial charge in [0.05, 0.1) is 19.3 Å². The first kappa shape index (κ1) is 10.2. The van der Waals surface area contributed by atoms with Gasteiger partial charge in [0, 0.05) is 0 Å². The standard InChI is InChI=1S/C8H14O3/c1-6(2)4-7(5-9)8(10)11-3/h4,6,9H,5H2,1-3H3/b7-4+. The van der Waals surface area contributed by atoms with Gasteiger partial charge in [-0.2, -0.15) is 0 Å². The molecule has 0 saturated heterocycles. The van der Waals surface area contributed by atoms with E-state index in [0.29, 0.717) is 5.57 Å². The Balaban J connectivity index is 4.27. The van der Waals surface area contributed by atoms with Gasteiger partial charge in [0.15, 0.2) is 0 Å². The third-order valence-electron chi connectivity index (χ3n) is 1.15. The van der Waals surface area contributed by atoms with Crippen LogP contribution in [0, 0.1) is 5.92 Å². The SMILES string of the molecule is COC(=O)/C(=C/C(C)C)CO. The second-order valence-electron chi connectivity index (χ2n) is 2.59. The molecule has 0 bridgehead atoms. The first-order valence-corrected chi connectivity index (χ1v) is 3.51. The fraction of sp³-hybridized carbons (Fsp3) is 0.625. The lowest BCUT2D eigenvalue weighted by Gasteiger charge is -2.02. The number of hydrogen-bond donors (Lipinski definition) is 1. The van der Waals surface area contributed by atoms with Crippen LogP contribution in [0.5, 0.6) is 0 Å². The van der Waals surface area contributed by atoms with Crippen molar-refractivity contribution in [2.45, 2.75) is 13.8 Å². The van der Waals surface area contributed by atoms with E-state index in [2.05, 4.69) is 4.74 Å². The topological polar surface area (TPSA) is 46.5 Å². The third-order valence-corrected chi connectivity index (χ3v) is 1.15. The van der Waals surface area contributed by atoms with E-state index in [1.807, 2.05) is 13.8 Å². The van der Waals surface area contributed by atoms with Gasteiger partial charge >= 0.3 is 5.97 Å². The summed E-state index contributed by atoms with van der Waals surface area (Å²) in [4.78, 5) is 10.8. The minimum atomic E-state index is -0.457. The van der Waals surface area contributed by atoms with Crippen LogP contribution in [-0.4, -0.2) is 24.8 Å². The molecule has 0 spiro atoms. The summed E-state index contributed by atoms with van der Waals surface area (Å²) in [6.07, 6.45) is 1.69. The first-order valence-electron chi connectivity index (χ1n) is 3.51. The summed E-state index contributed by atoms with van der Waals surface area (Å²) in [6.45, 7) is 3.60. The zero-order chi connectivity index (χ0) is 8.85. The number of aliphatic hydroxyl groups excluding tert-OH is 1. The molecule has 0 radical (unpaired) electrons. The molecule has 0 heterocycles. The molecule has 0 amide bonds. The van der Waals surface area contributed by atoms with Crippen molar-refractivity contribution in [3.63, 3.8) is 0 Å². The van der Waals surface area contributed by atoms with Crippen LogP contribution in [0.2, 0.25) is 0 Å². The van der Waals surface area contributed by atoms with Gasteiger partial charge in [0.2, 0.25) is 0 Å². The summed E-state index contributed by atoms with van der Waals surface area (Å²) in [6, 6.07) is 0. The Bertz CT molecular complexity index is 159. The van der Waals surface area contributed by atoms with E-state index in [4.69, 9.17) is 5.11 Å². The highest BCUT2D eigenvalue weighted by molar-refractivity contribution is 5.88. The predicted molar refractivity (Wildman–Crippen MR) is 42.0 cm³/mol. The molecule has 0 aromatic heterocycles. The maximum Gasteiger partial charge on any atom is 0.335 e. The molecule has 0 aliphatic carbocycles. The quantitative estimate of drug-likeness (QED) is 0.486. The fourth-order valence-corrected chi connectivity index (χ4v) is 0.719. The summed E-state index contributed by atoms with van der Waals surface area (Å²) in [5.41, 5.74) is 0.322. The monoisotopic (exact) mass is 158 g/mol. The number of hydrogen-bond acceptors (Lipinski definition) is 3. The minimum absolute atomic E-state index is 0.247. The van der Waals surface area contributed by atoms with Gasteiger partial charge in [-0.3, -0.25) is 0 Å². The van der Waals surface area contributed by atoms with Gasteiger partial charge in [-0.05, 0) is 5.92 Å². The van der Waals surface area contributed by atoms with Crippen LogP contribution in [0.1, 0.15) is 13.8 Å². The number of carbonyl (C=O) groups is 1. The van der Waals surface area contributed by atoms with Crippen molar-refractivity contribution in [1.29, 1.82) is 0 Å². The fourth-order valence-electron chi connectivity index (χ4n) is 0.719. The molecule has 0 aliphatic heterocycles. The molecular formula is C8H14O3. The first-order chi connectivity index (χ1) is 5.11. The Hall–Kier alpha value is -0.830. The highest BCUT2D eigenvalue weighted by atomic mass is 16.5. The summed E-state index contributed by atoms with van der Waals surface area (Å²) in [5, 5.41) is 8.71. The summed E-state index contributed by atoms with van der Waals surface area (Å²) in [5.74, 6) is -0.211. The van der Waals surface area contributed by atoms with Crippen molar-refractivity contribution < 1.29 is 14.6 Å². The Morgan fingerprint density at radius 2 is 2.18 bits per heavy atom. The van der Waals surface area contributed by atoms with Crippen LogP contribution < -0.4 is 0 Å². The van der Waals surface area contributed by atoms with Crippen LogP contribution in [-0.2, 0) is 9.53 Å². The van der Waals surface area contributed by atoms with Crippen molar-refractivity contribution in [2.24, 2.45) is 5.92 Å². The molecule has 3 nitrogen and oxygen atoms in total. The molecule has 3 heteroatoms. The van der Waals surface area contributed by atoms with E-state index >= 15 is 0 Å². The molecule has 64 valence electrons. The lowest BCUT2D eigenvalue weighted by atomic mass is 10.1. The molecular weight excluding hydrogens is 144 g/mol. The molecule has 1 N–H and O–H groups in total. The average molecular weight is 158 g/mol. The van der Waals surface area contributed by atoms with E-state index in [-0.39, 0.29) is 12.5 Å². The van der Waals surface area contributed by atoms with Crippen molar-refractivity contribution in [1.82, 2.24) is 0 Å². The van der Waals surface area contributed by atoms with Crippen LogP contribution in [0.4, 0.5) is 0 Å². The van der Waals surface area contributed by atoms with Crippen molar-refractivity contribution in [3.8, 4) is 0 Å². The minimum Gasteiger partial charge on any atom is -0.466 e. The summed E-state index contributed by atoms with van der Waals surface area (Å²) < 4.78 is 4.44. The van der Waals surface area contributed by atoms with Crippen molar-refractivity contribution in [2.75, 3.05) is 13.7 Å². The molecule has 0 aromatic carbocycles. The highest BCUT2D eigenvalue weighted by Crippen LogP contribution is 2.02. The van der Waals surface area contributed by atoms with E-state index in [9.17, 15) is 4.79 Å². The molecule has 0 fully saturated rings. The molecule has 0 saturated carbocycles. The number of esters is 1. The molecule has 0 rings (SSSR count). The molecule has 0 unspecified atom stereocenters. The summed E-state index contributed by atoms with van der Waals surface area (Å²) >= 11 is 0. The molecule has 0 aromatic rings. The maximum atomic E-state index is 10.8. The van der Waals surface area contributed by atoms with E-state index < -0.39 is 5.97 Å². The van der Waals surface area contributed by atoms with E-state index in [0.717, 1.165) is 0 Å². The lowest BCUT2D eigenvalue weighted by molar-refractivity contribution is -0.136. The van der Waals surface area contributed by atoms with Crippen molar-refractivity contribution in [3.05, 3.63) is 11.6 Å². The number of ether oxygens (including phenoxy) is 1. The van der Waals surface area contributed by atoms with E-state index in [1.165, 1.54) is 7.11 Å². The summed E-state index contributed by atoms with van der Waals surface area (Å²) in [7, 11) is 1.30. The molecule has 11 heavy (non-hydrogen) atoms. The van der Waals surface area contributed by atoms with Gasteiger partial charge in [-0.25, -0.2) is 4.79 Å². The molecule has 0 atom stereocenters. The number of allylic oxidation sites excluding steroid dienone is 1. The third kappa shape index (κ3) is 3.78. The van der Waals surface area contributed by atoms with Crippen LogP contribution in [0.15, 0.2) is 11.6 Å². The Morgan fingerprint density at radius 3 is 2.45 bits per heavy atom. The van der Waals surface area contributed by atoms with Crippen molar-refractivity contribution >= 4 is 5.97 Å². The lowest BCUT2D eigenvalue weighted by Crippen LogP contribution is -2.09. The Morgan fingerprint density at radius 1 is 1.64 bits per heavy atom. The molecule has 0 aliphatic rings. The highest BCUT2D eigenvalue weighted by Gasteiger charge is 2.07. The Labute approximate surface area is 66.7 Å². The largest absolute Gasteiger partial charge is 0.466 e.